The number of nitrogens with zero attached hydrogens (tertiary/aromatic N) is 4. The van der Waals surface area contributed by atoms with Crippen LogP contribution < -0.4 is 4.90 Å². The average Bonchev–Trinajstić information content (AvgIpc) is 3.22. The maximum absolute atomic E-state index is 13.1. The topological polar surface area (TPSA) is 62.5 Å². The normalized spacial score (nSPS) is 10.8. The molecule has 3 rings (SSSR count). The van der Waals surface area contributed by atoms with Gasteiger partial charge in [-0.25, -0.2) is 9.97 Å². The van der Waals surface area contributed by atoms with Gasteiger partial charge in [-0.3, -0.25) is 4.79 Å². The second-order valence-corrected chi connectivity index (χ2v) is 7.51. The quantitative estimate of drug-likeness (QED) is 0.462. The largest absolute Gasteiger partial charge is 0.461 e. The van der Waals surface area contributed by atoms with Gasteiger partial charge in [0.1, 0.15) is 5.03 Å². The number of rotatable bonds is 6. The lowest BCUT2D eigenvalue weighted by atomic mass is 10.1. The number of hydrogen-bond acceptors (Lipinski definition) is 6. The van der Waals surface area contributed by atoms with Crippen molar-refractivity contribution in [1.82, 2.24) is 14.9 Å². The van der Waals surface area contributed by atoms with Crippen molar-refractivity contribution < 1.29 is 9.21 Å². The van der Waals surface area contributed by atoms with E-state index in [1.807, 2.05) is 62.5 Å². The molecule has 0 fully saturated rings. The van der Waals surface area contributed by atoms with E-state index >= 15 is 0 Å². The van der Waals surface area contributed by atoms with Gasteiger partial charge in [-0.2, -0.15) is 0 Å². The Hall–Kier alpha value is -2.80. The van der Waals surface area contributed by atoms with Crippen molar-refractivity contribution >= 4 is 23.4 Å². The van der Waals surface area contributed by atoms with E-state index in [-0.39, 0.29) is 5.91 Å². The highest BCUT2D eigenvalue weighted by atomic mass is 32.2. The minimum absolute atomic E-state index is 0.0930. The summed E-state index contributed by atoms with van der Waals surface area (Å²) in [5.74, 6) is 0.988. The predicted octanol–water partition coefficient (Wildman–Crippen LogP) is 4.11. The van der Waals surface area contributed by atoms with Crippen LogP contribution in [0.15, 0.2) is 52.1 Å². The molecule has 0 saturated heterocycles. The number of carbonyl (C=O) groups is 1. The van der Waals surface area contributed by atoms with Crippen LogP contribution in [0.5, 0.6) is 0 Å². The van der Waals surface area contributed by atoms with Crippen molar-refractivity contribution in [3.05, 3.63) is 59.5 Å². The van der Waals surface area contributed by atoms with Gasteiger partial charge in [0.2, 0.25) is 0 Å². The van der Waals surface area contributed by atoms with Crippen molar-refractivity contribution in [2.75, 3.05) is 32.3 Å². The molecule has 0 spiro atoms. The van der Waals surface area contributed by atoms with Crippen LogP contribution in [-0.4, -0.2) is 48.2 Å². The van der Waals surface area contributed by atoms with Gasteiger partial charge in [-0.1, -0.05) is 12.1 Å². The van der Waals surface area contributed by atoms with Crippen molar-refractivity contribution in [2.24, 2.45) is 0 Å². The second kappa shape index (κ2) is 8.48. The summed E-state index contributed by atoms with van der Waals surface area (Å²) in [6.45, 7) is 2.35. The molecule has 0 atom stereocenters. The maximum Gasteiger partial charge on any atom is 0.258 e. The van der Waals surface area contributed by atoms with E-state index in [1.54, 1.807) is 24.3 Å². The van der Waals surface area contributed by atoms with E-state index in [1.165, 1.54) is 11.8 Å². The first kappa shape index (κ1) is 19.9. The third-order valence-corrected chi connectivity index (χ3v) is 5.11. The van der Waals surface area contributed by atoms with Crippen LogP contribution in [0.3, 0.4) is 0 Å². The summed E-state index contributed by atoms with van der Waals surface area (Å²) in [5.41, 5.74) is 3.37. The third kappa shape index (κ3) is 4.20. The lowest BCUT2D eigenvalue weighted by molar-refractivity contribution is 0.0779. The summed E-state index contributed by atoms with van der Waals surface area (Å²) in [6, 6.07) is 11.8. The Balaban J connectivity index is 1.84. The molecule has 7 heteroatoms. The van der Waals surface area contributed by atoms with Gasteiger partial charge in [0.15, 0.2) is 11.6 Å². The first-order valence-electron chi connectivity index (χ1n) is 8.89. The molecule has 0 aliphatic heterocycles. The van der Waals surface area contributed by atoms with E-state index in [4.69, 9.17) is 4.42 Å². The molecule has 28 heavy (non-hydrogen) atoms. The lowest BCUT2D eigenvalue weighted by Gasteiger charge is -2.20. The number of amides is 1. The summed E-state index contributed by atoms with van der Waals surface area (Å²) in [4.78, 5) is 25.9. The van der Waals surface area contributed by atoms with Gasteiger partial charge in [0.25, 0.3) is 5.91 Å². The molecular formula is C21H24N4O2S. The molecule has 1 amide bonds. The Bertz CT molecular complexity index is 953. The lowest BCUT2D eigenvalue weighted by Crippen LogP contribution is -2.28. The third-order valence-electron chi connectivity index (χ3n) is 4.42. The zero-order valence-electron chi connectivity index (χ0n) is 16.8. The van der Waals surface area contributed by atoms with E-state index < -0.39 is 0 Å². The molecule has 0 N–H and O–H groups in total. The molecule has 2 heterocycles. The molecule has 3 aromatic rings. The molecule has 0 radical (unpaired) electrons. The van der Waals surface area contributed by atoms with Crippen molar-refractivity contribution in [3.63, 3.8) is 0 Å². The van der Waals surface area contributed by atoms with Crippen LogP contribution in [0, 0.1) is 6.92 Å². The Kier molecular flexibility index (Phi) is 6.04. The minimum Gasteiger partial charge on any atom is -0.461 e. The number of aryl methyl sites for hydroxylation is 1. The van der Waals surface area contributed by atoms with Gasteiger partial charge in [0, 0.05) is 33.4 Å². The first-order chi connectivity index (χ1) is 13.4. The van der Waals surface area contributed by atoms with Gasteiger partial charge in [0.05, 0.1) is 17.5 Å². The monoisotopic (exact) mass is 396 g/mol. The average molecular weight is 397 g/mol. The highest BCUT2D eigenvalue weighted by Crippen LogP contribution is 2.26. The van der Waals surface area contributed by atoms with Gasteiger partial charge >= 0.3 is 0 Å². The summed E-state index contributed by atoms with van der Waals surface area (Å²) in [7, 11) is 5.81. The summed E-state index contributed by atoms with van der Waals surface area (Å²) in [5, 5.41) is 0.652. The van der Waals surface area contributed by atoms with E-state index in [0.717, 1.165) is 11.3 Å². The van der Waals surface area contributed by atoms with E-state index in [0.29, 0.717) is 34.4 Å². The molecule has 0 aliphatic rings. The van der Waals surface area contributed by atoms with Gasteiger partial charge in [-0.15, -0.1) is 11.8 Å². The van der Waals surface area contributed by atoms with Gasteiger partial charge in [-0.05, 0) is 43.0 Å². The first-order valence-corrected chi connectivity index (χ1v) is 10.1. The molecule has 1 aromatic carbocycles. The van der Waals surface area contributed by atoms with Crippen molar-refractivity contribution in [1.29, 1.82) is 0 Å². The maximum atomic E-state index is 13.1. The Labute approximate surface area is 169 Å². The SMILES string of the molecule is CSc1nc(-c2ccco2)nc(C)c1C(=O)N(C)Cc1ccc(N(C)C)cc1. The Morgan fingerprint density at radius 1 is 1.11 bits per heavy atom. The van der Waals surface area contributed by atoms with E-state index in [9.17, 15) is 4.79 Å². The fourth-order valence-electron chi connectivity index (χ4n) is 2.89. The number of benzene rings is 1. The fourth-order valence-corrected chi connectivity index (χ4v) is 3.51. The van der Waals surface area contributed by atoms with Crippen LogP contribution >= 0.6 is 11.8 Å². The predicted molar refractivity (Wildman–Crippen MR) is 113 cm³/mol. The highest BCUT2D eigenvalue weighted by molar-refractivity contribution is 7.98. The number of carbonyl (C=O) groups excluding carboxylic acids is 1. The smallest absolute Gasteiger partial charge is 0.258 e. The minimum atomic E-state index is -0.0930. The number of furan rings is 1. The van der Waals surface area contributed by atoms with Crippen LogP contribution in [0.4, 0.5) is 5.69 Å². The molecule has 0 saturated carbocycles. The van der Waals surface area contributed by atoms with Crippen LogP contribution in [0.1, 0.15) is 21.6 Å². The summed E-state index contributed by atoms with van der Waals surface area (Å²) < 4.78 is 5.39. The Morgan fingerprint density at radius 2 is 1.82 bits per heavy atom. The van der Waals surface area contributed by atoms with Crippen molar-refractivity contribution in [3.8, 4) is 11.6 Å². The second-order valence-electron chi connectivity index (χ2n) is 6.72. The van der Waals surface area contributed by atoms with Crippen LogP contribution in [0.25, 0.3) is 11.6 Å². The van der Waals surface area contributed by atoms with Crippen molar-refractivity contribution in [2.45, 2.75) is 18.5 Å². The molecular weight excluding hydrogens is 372 g/mol. The Morgan fingerprint density at radius 3 is 2.39 bits per heavy atom. The van der Waals surface area contributed by atoms with Crippen LogP contribution in [-0.2, 0) is 6.54 Å². The molecule has 6 nitrogen and oxygen atoms in total. The standard InChI is InChI=1S/C21H24N4O2S/c1-14-18(20(28-5)23-19(22-14)17-7-6-12-27-17)21(26)25(4)13-15-8-10-16(11-9-15)24(2)3/h6-12H,13H2,1-5H3. The van der Waals surface area contributed by atoms with E-state index in [2.05, 4.69) is 9.97 Å². The highest BCUT2D eigenvalue weighted by Gasteiger charge is 2.22. The number of anilines is 1. The molecule has 0 aliphatic carbocycles. The molecule has 2 aromatic heterocycles. The molecule has 0 unspecified atom stereocenters. The summed E-state index contributed by atoms with van der Waals surface area (Å²) >= 11 is 1.43. The zero-order chi connectivity index (χ0) is 20.3. The van der Waals surface area contributed by atoms with Gasteiger partial charge < -0.3 is 14.2 Å². The number of aromatic nitrogens is 2. The molecule has 146 valence electrons. The fraction of sp³-hybridized carbons (Fsp3) is 0.286. The van der Waals surface area contributed by atoms with Crippen LogP contribution in [0.2, 0.25) is 0 Å². The molecule has 0 bridgehead atoms. The number of hydrogen-bond donors (Lipinski definition) is 0. The zero-order valence-corrected chi connectivity index (χ0v) is 17.6. The number of thioether (sulfide) groups is 1. The summed E-state index contributed by atoms with van der Waals surface area (Å²) in [6.07, 6.45) is 3.49.